The van der Waals surface area contributed by atoms with E-state index in [1.165, 1.54) is 0 Å². The average molecular weight is 205 g/mol. The van der Waals surface area contributed by atoms with Crippen LogP contribution in [0.4, 0.5) is 0 Å². The van der Waals surface area contributed by atoms with Gasteiger partial charge >= 0.3 is 0 Å². The Kier molecular flexibility index (Phi) is 4.00. The first-order chi connectivity index (χ1) is 7.13. The zero-order valence-electron chi connectivity index (χ0n) is 8.92. The van der Waals surface area contributed by atoms with Crippen LogP contribution in [-0.2, 0) is 4.74 Å². The van der Waals surface area contributed by atoms with Crippen LogP contribution in [0.3, 0.4) is 0 Å². The summed E-state index contributed by atoms with van der Waals surface area (Å²) < 4.78 is 5.02. The molecule has 15 heavy (non-hydrogen) atoms. The highest BCUT2D eigenvalue weighted by Gasteiger charge is 2.05. The van der Waals surface area contributed by atoms with Gasteiger partial charge in [-0.3, -0.25) is 10.8 Å². The Bertz CT molecular complexity index is 357. The number of benzene rings is 1. The number of aryl methyl sites for hydroxylation is 1. The third-order valence-corrected chi connectivity index (χ3v) is 1.88. The molecule has 0 spiro atoms. The Hall–Kier alpha value is -1.68. The second-order valence-corrected chi connectivity index (χ2v) is 3.25. The quantitative estimate of drug-likeness (QED) is 0.517. The molecule has 0 fully saturated rings. The summed E-state index contributed by atoms with van der Waals surface area (Å²) in [6.45, 7) is 2.31. The van der Waals surface area contributed by atoms with E-state index in [4.69, 9.17) is 15.6 Å². The molecule has 1 aromatic rings. The van der Waals surface area contributed by atoms with Crippen molar-refractivity contribution in [2.45, 2.75) is 6.92 Å². The molecule has 0 aliphatic rings. The summed E-state index contributed by atoms with van der Waals surface area (Å²) >= 11 is 0. The van der Waals surface area contributed by atoms with Crippen LogP contribution in [0.2, 0.25) is 0 Å². The maximum atomic E-state index is 7.62. The van der Waals surface area contributed by atoms with Gasteiger partial charge in [0, 0.05) is 5.56 Å². The molecule has 0 unspecified atom stereocenters. The molecule has 0 aromatic heterocycles. The number of hydrogen-bond donors (Lipinski definition) is 3. The van der Waals surface area contributed by atoms with E-state index in [9.17, 15) is 0 Å². The van der Waals surface area contributed by atoms with E-state index in [0.29, 0.717) is 12.1 Å². The third kappa shape index (κ3) is 3.52. The van der Waals surface area contributed by atoms with Gasteiger partial charge in [-0.15, -0.1) is 0 Å². The SMILES string of the molecule is CNCC(=N)OC(=N)c1ccc(C)cc1. The van der Waals surface area contributed by atoms with Gasteiger partial charge in [0.1, 0.15) is 0 Å². The second kappa shape index (κ2) is 5.26. The van der Waals surface area contributed by atoms with Gasteiger partial charge in [-0.05, 0) is 26.1 Å². The van der Waals surface area contributed by atoms with Gasteiger partial charge in [0.2, 0.25) is 11.8 Å². The van der Waals surface area contributed by atoms with Gasteiger partial charge in [0.25, 0.3) is 0 Å². The predicted octanol–water partition coefficient (Wildman–Crippen LogP) is 1.53. The molecule has 4 nitrogen and oxygen atoms in total. The maximum absolute atomic E-state index is 7.62. The number of hydrogen-bond acceptors (Lipinski definition) is 4. The lowest BCUT2D eigenvalue weighted by Gasteiger charge is -2.07. The van der Waals surface area contributed by atoms with Gasteiger partial charge in [0.15, 0.2) is 0 Å². The van der Waals surface area contributed by atoms with E-state index >= 15 is 0 Å². The minimum atomic E-state index is 0.00949. The lowest BCUT2D eigenvalue weighted by molar-refractivity contribution is 0.518. The Balaban J connectivity index is 2.61. The van der Waals surface area contributed by atoms with Crippen LogP contribution >= 0.6 is 0 Å². The second-order valence-electron chi connectivity index (χ2n) is 3.25. The van der Waals surface area contributed by atoms with Gasteiger partial charge in [-0.2, -0.15) is 0 Å². The fourth-order valence-corrected chi connectivity index (χ4v) is 1.08. The van der Waals surface area contributed by atoms with Crippen molar-refractivity contribution in [2.24, 2.45) is 0 Å². The van der Waals surface area contributed by atoms with E-state index in [1.807, 2.05) is 31.2 Å². The van der Waals surface area contributed by atoms with Gasteiger partial charge in [0.05, 0.1) is 6.54 Å². The van der Waals surface area contributed by atoms with E-state index in [0.717, 1.165) is 5.56 Å². The molecule has 0 aliphatic carbocycles. The van der Waals surface area contributed by atoms with Crippen molar-refractivity contribution in [1.82, 2.24) is 5.32 Å². The molecule has 0 amide bonds. The smallest absolute Gasteiger partial charge is 0.220 e. The zero-order valence-corrected chi connectivity index (χ0v) is 8.92. The monoisotopic (exact) mass is 205 g/mol. The predicted molar refractivity (Wildman–Crippen MR) is 60.7 cm³/mol. The van der Waals surface area contributed by atoms with Crippen molar-refractivity contribution in [3.63, 3.8) is 0 Å². The highest BCUT2D eigenvalue weighted by Crippen LogP contribution is 2.04. The Morgan fingerprint density at radius 3 is 2.40 bits per heavy atom. The molecule has 0 saturated carbocycles. The van der Waals surface area contributed by atoms with E-state index < -0.39 is 0 Å². The first kappa shape index (κ1) is 11.4. The molecule has 0 atom stereocenters. The first-order valence-electron chi connectivity index (χ1n) is 4.69. The van der Waals surface area contributed by atoms with Crippen LogP contribution < -0.4 is 5.32 Å². The molecule has 3 N–H and O–H groups in total. The van der Waals surface area contributed by atoms with Gasteiger partial charge in [-0.25, -0.2) is 0 Å². The Labute approximate surface area is 89.3 Å². The van der Waals surface area contributed by atoms with Crippen molar-refractivity contribution in [1.29, 1.82) is 10.8 Å². The number of likely N-dealkylation sites (N-methyl/N-ethyl adjacent to an activating group) is 1. The third-order valence-electron chi connectivity index (χ3n) is 1.88. The van der Waals surface area contributed by atoms with Crippen LogP contribution in [0, 0.1) is 17.7 Å². The van der Waals surface area contributed by atoms with Crippen LogP contribution in [0.15, 0.2) is 24.3 Å². The van der Waals surface area contributed by atoms with E-state index in [2.05, 4.69) is 5.32 Å². The fourth-order valence-electron chi connectivity index (χ4n) is 1.08. The van der Waals surface area contributed by atoms with Crippen LogP contribution in [0.1, 0.15) is 11.1 Å². The summed E-state index contributed by atoms with van der Waals surface area (Å²) in [5.41, 5.74) is 1.82. The number of rotatable bonds is 3. The number of ether oxygens (including phenoxy) is 1. The summed E-state index contributed by atoms with van der Waals surface area (Å²) in [6, 6.07) is 7.44. The van der Waals surface area contributed by atoms with Crippen molar-refractivity contribution in [2.75, 3.05) is 13.6 Å². The molecule has 0 aliphatic heterocycles. The molecule has 4 heteroatoms. The fraction of sp³-hybridized carbons (Fsp3) is 0.273. The summed E-state index contributed by atoms with van der Waals surface area (Å²) in [7, 11) is 1.73. The zero-order chi connectivity index (χ0) is 11.3. The summed E-state index contributed by atoms with van der Waals surface area (Å²) in [5, 5.41) is 17.8. The van der Waals surface area contributed by atoms with E-state index in [-0.39, 0.29) is 11.8 Å². The summed E-state index contributed by atoms with van der Waals surface area (Å²) in [5.74, 6) is 0.0540. The molecule has 1 rings (SSSR count). The molecule has 0 saturated heterocycles. The molecule has 0 bridgehead atoms. The molecular weight excluding hydrogens is 190 g/mol. The summed E-state index contributed by atoms with van der Waals surface area (Å²) in [6.07, 6.45) is 0. The van der Waals surface area contributed by atoms with Crippen molar-refractivity contribution >= 4 is 11.8 Å². The lowest BCUT2D eigenvalue weighted by atomic mass is 10.1. The highest BCUT2D eigenvalue weighted by molar-refractivity contribution is 5.99. The topological polar surface area (TPSA) is 69.0 Å². The minimum absolute atomic E-state index is 0.00949. The molecule has 0 heterocycles. The van der Waals surface area contributed by atoms with E-state index in [1.54, 1.807) is 7.05 Å². The molecular formula is C11H15N3O. The molecule has 80 valence electrons. The van der Waals surface area contributed by atoms with Crippen molar-refractivity contribution in [3.8, 4) is 0 Å². The summed E-state index contributed by atoms with van der Waals surface area (Å²) in [4.78, 5) is 0. The lowest BCUT2D eigenvalue weighted by Crippen LogP contribution is -2.23. The van der Waals surface area contributed by atoms with Crippen LogP contribution in [0.25, 0.3) is 0 Å². The standard InChI is InChI=1S/C11H15N3O/c1-8-3-5-9(6-4-8)11(13)15-10(12)7-14-2/h3-6,12-14H,7H2,1-2H3. The largest absolute Gasteiger partial charge is 0.424 e. The van der Waals surface area contributed by atoms with Crippen LogP contribution in [0.5, 0.6) is 0 Å². The van der Waals surface area contributed by atoms with Gasteiger partial charge in [-0.1, -0.05) is 17.7 Å². The molecule has 0 radical (unpaired) electrons. The Morgan fingerprint density at radius 1 is 1.27 bits per heavy atom. The average Bonchev–Trinajstić information content (AvgIpc) is 2.18. The highest BCUT2D eigenvalue weighted by atomic mass is 16.5. The number of nitrogens with one attached hydrogen (secondary N) is 3. The van der Waals surface area contributed by atoms with Crippen LogP contribution in [-0.4, -0.2) is 25.4 Å². The Morgan fingerprint density at radius 2 is 1.87 bits per heavy atom. The maximum Gasteiger partial charge on any atom is 0.220 e. The normalized spacial score (nSPS) is 9.73. The first-order valence-corrected chi connectivity index (χ1v) is 4.69. The van der Waals surface area contributed by atoms with Gasteiger partial charge < -0.3 is 10.1 Å². The molecule has 1 aromatic carbocycles. The minimum Gasteiger partial charge on any atom is -0.424 e. The van der Waals surface area contributed by atoms with Crippen molar-refractivity contribution in [3.05, 3.63) is 35.4 Å². The van der Waals surface area contributed by atoms with Crippen molar-refractivity contribution < 1.29 is 4.74 Å².